The van der Waals surface area contributed by atoms with Crippen molar-refractivity contribution in [1.82, 2.24) is 15.5 Å². The second kappa shape index (κ2) is 11.5. The monoisotopic (exact) mass is 538 g/mol. The maximum absolute atomic E-state index is 13.5. The number of rotatable bonds is 10. The third kappa shape index (κ3) is 6.19. The van der Waals surface area contributed by atoms with Gasteiger partial charge in [0.05, 0.1) is 31.4 Å². The number of amides is 2. The SMILES string of the molecule is CCOc1cc2c(cc1C(=O)NC)C(=N)N(CC(=O)c1cc(C(=O)NCC(=O)O)c(OC)c(C(C)(C)C)c1)C2. The van der Waals surface area contributed by atoms with Gasteiger partial charge in [-0.05, 0) is 42.2 Å². The average molecular weight is 539 g/mol. The number of carbonyl (C=O) groups is 4. The summed E-state index contributed by atoms with van der Waals surface area (Å²) < 4.78 is 11.2. The molecule has 0 aliphatic carbocycles. The van der Waals surface area contributed by atoms with Gasteiger partial charge in [-0.15, -0.1) is 0 Å². The van der Waals surface area contributed by atoms with Crippen LogP contribution in [-0.4, -0.2) is 73.3 Å². The van der Waals surface area contributed by atoms with Gasteiger partial charge in [0.2, 0.25) is 0 Å². The molecule has 0 saturated carbocycles. The minimum absolute atomic E-state index is 0.0471. The van der Waals surface area contributed by atoms with Crippen LogP contribution in [0, 0.1) is 5.41 Å². The van der Waals surface area contributed by atoms with Gasteiger partial charge in [0.1, 0.15) is 23.9 Å². The predicted molar refractivity (Wildman–Crippen MR) is 144 cm³/mol. The molecule has 39 heavy (non-hydrogen) atoms. The summed E-state index contributed by atoms with van der Waals surface area (Å²) in [5.74, 6) is -1.82. The molecule has 4 N–H and O–H groups in total. The summed E-state index contributed by atoms with van der Waals surface area (Å²) in [6.07, 6.45) is 0. The highest BCUT2D eigenvalue weighted by atomic mass is 16.5. The summed E-state index contributed by atoms with van der Waals surface area (Å²) in [5.41, 5.74) is 1.96. The molecule has 0 atom stereocenters. The van der Waals surface area contributed by atoms with E-state index < -0.39 is 23.8 Å². The first kappa shape index (κ1) is 29.2. The highest BCUT2D eigenvalue weighted by Gasteiger charge is 2.31. The highest BCUT2D eigenvalue weighted by Crippen LogP contribution is 2.36. The van der Waals surface area contributed by atoms with Crippen LogP contribution in [0.2, 0.25) is 0 Å². The fourth-order valence-electron chi connectivity index (χ4n) is 4.40. The molecule has 11 heteroatoms. The quantitative estimate of drug-likeness (QED) is 0.336. The topological polar surface area (TPSA) is 158 Å². The summed E-state index contributed by atoms with van der Waals surface area (Å²) in [6.45, 7) is 7.42. The number of carboxylic acid groups (broad SMARTS) is 1. The Morgan fingerprint density at radius 1 is 1.08 bits per heavy atom. The summed E-state index contributed by atoms with van der Waals surface area (Å²) in [4.78, 5) is 51.3. The lowest BCUT2D eigenvalue weighted by Crippen LogP contribution is -2.32. The number of carboxylic acids is 1. The van der Waals surface area contributed by atoms with Crippen molar-refractivity contribution in [3.8, 4) is 11.5 Å². The molecule has 3 rings (SSSR count). The number of hydrogen-bond donors (Lipinski definition) is 4. The molecule has 0 fully saturated rings. The number of nitrogens with zero attached hydrogens (tertiary/aromatic N) is 1. The number of benzene rings is 2. The van der Waals surface area contributed by atoms with E-state index in [0.717, 1.165) is 5.56 Å². The molecule has 2 aromatic rings. The number of nitrogens with one attached hydrogen (secondary N) is 3. The summed E-state index contributed by atoms with van der Waals surface area (Å²) in [7, 11) is 2.92. The van der Waals surface area contributed by atoms with Crippen molar-refractivity contribution in [2.24, 2.45) is 0 Å². The van der Waals surface area contributed by atoms with Crippen LogP contribution in [0.25, 0.3) is 0 Å². The van der Waals surface area contributed by atoms with Crippen LogP contribution in [0.5, 0.6) is 11.5 Å². The molecular weight excluding hydrogens is 504 g/mol. The van der Waals surface area contributed by atoms with E-state index in [2.05, 4.69) is 10.6 Å². The van der Waals surface area contributed by atoms with E-state index in [9.17, 15) is 19.2 Å². The van der Waals surface area contributed by atoms with Gasteiger partial charge < -0.3 is 30.1 Å². The van der Waals surface area contributed by atoms with E-state index in [0.29, 0.717) is 29.0 Å². The second-order valence-electron chi connectivity index (χ2n) is 10.1. The molecule has 1 heterocycles. The minimum Gasteiger partial charge on any atom is -0.496 e. The van der Waals surface area contributed by atoms with E-state index in [1.807, 2.05) is 27.7 Å². The van der Waals surface area contributed by atoms with E-state index >= 15 is 0 Å². The van der Waals surface area contributed by atoms with Crippen LogP contribution < -0.4 is 20.1 Å². The molecule has 0 unspecified atom stereocenters. The van der Waals surface area contributed by atoms with Gasteiger partial charge in [0.15, 0.2) is 5.78 Å². The van der Waals surface area contributed by atoms with Crippen molar-refractivity contribution in [2.45, 2.75) is 39.7 Å². The van der Waals surface area contributed by atoms with Gasteiger partial charge in [-0.25, -0.2) is 0 Å². The number of fused-ring (bicyclic) bond motifs is 1. The van der Waals surface area contributed by atoms with Crippen LogP contribution in [-0.2, 0) is 16.8 Å². The molecule has 0 bridgehead atoms. The maximum Gasteiger partial charge on any atom is 0.322 e. The van der Waals surface area contributed by atoms with Gasteiger partial charge in [-0.1, -0.05) is 20.8 Å². The first-order valence-electron chi connectivity index (χ1n) is 12.4. The molecule has 0 spiro atoms. The lowest BCUT2D eigenvalue weighted by Gasteiger charge is -2.25. The van der Waals surface area contributed by atoms with E-state index in [-0.39, 0.29) is 47.5 Å². The zero-order valence-corrected chi connectivity index (χ0v) is 23.0. The number of methoxy groups -OCH3 is 1. The Kier molecular flexibility index (Phi) is 8.63. The minimum atomic E-state index is -1.20. The molecule has 208 valence electrons. The second-order valence-corrected chi connectivity index (χ2v) is 10.1. The van der Waals surface area contributed by atoms with Crippen molar-refractivity contribution in [3.63, 3.8) is 0 Å². The smallest absolute Gasteiger partial charge is 0.322 e. The lowest BCUT2D eigenvalue weighted by atomic mass is 9.83. The number of hydrogen-bond acceptors (Lipinski definition) is 7. The standard InChI is InChI=1S/C28H34N4O7/c1-7-39-22-10-16-13-32(25(29)17(16)11-18(22)26(36)30-5)14-21(33)15-8-19(27(37)31-12-23(34)35)24(38-6)20(9-15)28(2,3)4/h8-11,29H,7,12-14H2,1-6H3,(H,30,36)(H,31,37)(H,34,35). The third-order valence-corrected chi connectivity index (χ3v) is 6.31. The Labute approximate surface area is 227 Å². The Morgan fingerprint density at radius 2 is 1.77 bits per heavy atom. The van der Waals surface area contributed by atoms with Crippen molar-refractivity contribution >= 4 is 29.4 Å². The Hall–Kier alpha value is -4.41. The zero-order chi connectivity index (χ0) is 29.1. The number of amidine groups is 1. The number of aliphatic carboxylic acids is 1. The summed E-state index contributed by atoms with van der Waals surface area (Å²) in [6, 6.07) is 6.37. The normalized spacial score (nSPS) is 12.6. The molecule has 1 aliphatic heterocycles. The average Bonchev–Trinajstić information content (AvgIpc) is 3.18. The molecule has 0 saturated heterocycles. The van der Waals surface area contributed by atoms with Crippen LogP contribution in [0.1, 0.15) is 75.5 Å². The van der Waals surface area contributed by atoms with Crippen LogP contribution >= 0.6 is 0 Å². The Bertz CT molecular complexity index is 1340. The Balaban J connectivity index is 1.96. The van der Waals surface area contributed by atoms with Gasteiger partial charge in [0.25, 0.3) is 11.8 Å². The van der Waals surface area contributed by atoms with Crippen molar-refractivity contribution in [3.05, 3.63) is 57.6 Å². The molecule has 11 nitrogen and oxygen atoms in total. The number of ketones is 1. The number of ether oxygens (including phenoxy) is 2. The zero-order valence-electron chi connectivity index (χ0n) is 23.0. The van der Waals surface area contributed by atoms with Crippen LogP contribution in [0.15, 0.2) is 24.3 Å². The first-order valence-corrected chi connectivity index (χ1v) is 12.4. The summed E-state index contributed by atoms with van der Waals surface area (Å²) in [5, 5.41) is 22.6. The maximum atomic E-state index is 13.5. The van der Waals surface area contributed by atoms with Crippen LogP contribution in [0.3, 0.4) is 0 Å². The van der Waals surface area contributed by atoms with E-state index in [1.165, 1.54) is 20.2 Å². The fourth-order valence-corrected chi connectivity index (χ4v) is 4.40. The molecule has 0 aromatic heterocycles. The van der Waals surface area contributed by atoms with Gasteiger partial charge in [-0.2, -0.15) is 0 Å². The lowest BCUT2D eigenvalue weighted by molar-refractivity contribution is -0.135. The third-order valence-electron chi connectivity index (χ3n) is 6.31. The van der Waals surface area contributed by atoms with Gasteiger partial charge in [0, 0.05) is 30.3 Å². The predicted octanol–water partition coefficient (Wildman–Crippen LogP) is 2.59. The van der Waals surface area contributed by atoms with Crippen molar-refractivity contribution < 1.29 is 33.8 Å². The molecule has 2 amide bonds. The van der Waals surface area contributed by atoms with Crippen molar-refractivity contribution in [2.75, 3.05) is 33.9 Å². The molecule has 0 radical (unpaired) electrons. The van der Waals surface area contributed by atoms with Crippen molar-refractivity contribution in [1.29, 1.82) is 5.41 Å². The molecule has 2 aromatic carbocycles. The van der Waals surface area contributed by atoms with E-state index in [4.69, 9.17) is 20.0 Å². The highest BCUT2D eigenvalue weighted by molar-refractivity contribution is 6.08. The first-order chi connectivity index (χ1) is 18.3. The molecule has 1 aliphatic rings. The van der Waals surface area contributed by atoms with E-state index in [1.54, 1.807) is 23.1 Å². The number of Topliss-reactive ketones (excluding diaryl/α,β-unsaturated/α-hetero) is 1. The number of carbonyl (C=O) groups excluding carboxylic acids is 3. The summed E-state index contributed by atoms with van der Waals surface area (Å²) >= 11 is 0. The molecular formula is C28H34N4O7. The van der Waals surface area contributed by atoms with Gasteiger partial charge in [-0.3, -0.25) is 24.6 Å². The largest absolute Gasteiger partial charge is 0.496 e. The van der Waals surface area contributed by atoms with Crippen LogP contribution in [0.4, 0.5) is 0 Å². The Morgan fingerprint density at radius 3 is 2.33 bits per heavy atom. The fraction of sp³-hybridized carbons (Fsp3) is 0.393. The van der Waals surface area contributed by atoms with Gasteiger partial charge >= 0.3 is 5.97 Å².